The molecule has 1 aromatic carbocycles. The first-order valence-corrected chi connectivity index (χ1v) is 8.60. The van der Waals surface area contributed by atoms with E-state index in [1.807, 2.05) is 0 Å². The van der Waals surface area contributed by atoms with Gasteiger partial charge in [-0.3, -0.25) is 14.4 Å². The summed E-state index contributed by atoms with van der Waals surface area (Å²) in [4.78, 5) is 38.8. The molecule has 0 radical (unpaired) electrons. The molecule has 2 rings (SSSR count). The molecule has 0 spiro atoms. The molecule has 26 heavy (non-hydrogen) atoms. The Bertz CT molecular complexity index is 813. The highest BCUT2D eigenvalue weighted by Gasteiger charge is 2.23. The van der Waals surface area contributed by atoms with Crippen molar-refractivity contribution < 1.29 is 19.1 Å². The van der Waals surface area contributed by atoms with Crippen molar-refractivity contribution in [3.05, 3.63) is 58.4 Å². The smallest absolute Gasteiger partial charge is 0.308 e. The van der Waals surface area contributed by atoms with Crippen LogP contribution in [0.5, 0.6) is 0 Å². The minimum absolute atomic E-state index is 0.0616. The lowest BCUT2D eigenvalue weighted by Gasteiger charge is -2.20. The third-order valence-electron chi connectivity index (χ3n) is 3.66. The molecule has 1 unspecified atom stereocenters. The Kier molecular flexibility index (Phi) is 6.58. The number of halogens is 1. The summed E-state index contributed by atoms with van der Waals surface area (Å²) in [7, 11) is 0. The first-order chi connectivity index (χ1) is 12.3. The lowest BCUT2D eigenvalue weighted by Crippen LogP contribution is -2.31. The number of aromatic nitrogens is 1. The van der Waals surface area contributed by atoms with Gasteiger partial charge in [-0.15, -0.1) is 0 Å². The van der Waals surface area contributed by atoms with Gasteiger partial charge in [0.25, 0.3) is 5.91 Å². The number of amides is 1. The Morgan fingerprint density at radius 2 is 1.92 bits per heavy atom. The fourth-order valence-electron chi connectivity index (χ4n) is 2.44. The van der Waals surface area contributed by atoms with Crippen LogP contribution >= 0.6 is 11.6 Å². The van der Waals surface area contributed by atoms with E-state index >= 15 is 0 Å². The van der Waals surface area contributed by atoms with E-state index in [1.54, 1.807) is 38.1 Å². The molecular formula is C19H21ClN2O4. The number of hydrogen-bond acceptors (Lipinski definition) is 4. The summed E-state index contributed by atoms with van der Waals surface area (Å²) < 4.78 is 5.18. The maximum atomic E-state index is 12.5. The largest absolute Gasteiger partial charge is 0.463 e. The number of Topliss-reactive ketones (excluding diaryl/α,β-unsaturated/α-hetero) is 1. The van der Waals surface area contributed by atoms with Crippen LogP contribution < -0.4 is 5.32 Å². The van der Waals surface area contributed by atoms with Gasteiger partial charge >= 0.3 is 5.97 Å². The van der Waals surface area contributed by atoms with Crippen molar-refractivity contribution >= 4 is 29.3 Å². The van der Waals surface area contributed by atoms with Crippen LogP contribution in [0, 0.1) is 0 Å². The maximum Gasteiger partial charge on any atom is 0.308 e. The first kappa shape index (κ1) is 19.7. The highest BCUT2D eigenvalue weighted by molar-refractivity contribution is 6.31. The van der Waals surface area contributed by atoms with E-state index in [0.717, 1.165) is 0 Å². The Morgan fingerprint density at radius 1 is 1.23 bits per heavy atom. The number of benzene rings is 1. The summed E-state index contributed by atoms with van der Waals surface area (Å²) in [6.07, 6.45) is 1.15. The van der Waals surface area contributed by atoms with Crippen LogP contribution in [0.3, 0.4) is 0 Å². The predicted molar refractivity (Wildman–Crippen MR) is 98.3 cm³/mol. The van der Waals surface area contributed by atoms with Crippen LogP contribution in [0.1, 0.15) is 59.6 Å². The minimum Gasteiger partial charge on any atom is -0.463 e. The lowest BCUT2D eigenvalue weighted by molar-refractivity contribution is -0.147. The van der Waals surface area contributed by atoms with Crippen LogP contribution in [0.2, 0.25) is 5.02 Å². The van der Waals surface area contributed by atoms with E-state index in [2.05, 4.69) is 10.3 Å². The number of ether oxygens (including phenoxy) is 1. The number of nitrogens with one attached hydrogen (secondary N) is 2. The van der Waals surface area contributed by atoms with Crippen molar-refractivity contribution in [3.63, 3.8) is 0 Å². The molecule has 0 aliphatic carbocycles. The highest BCUT2D eigenvalue weighted by atomic mass is 35.5. The fourth-order valence-corrected chi connectivity index (χ4v) is 2.71. The van der Waals surface area contributed by atoms with Crippen LogP contribution in [0.4, 0.5) is 0 Å². The van der Waals surface area contributed by atoms with Crippen LogP contribution in [-0.2, 0) is 9.53 Å². The number of H-pyrrole nitrogens is 1. The summed E-state index contributed by atoms with van der Waals surface area (Å²) in [5, 5.41) is 3.22. The minimum atomic E-state index is -0.661. The number of carbonyl (C=O) groups is 3. The summed E-state index contributed by atoms with van der Waals surface area (Å²) in [5.41, 5.74) is 1.25. The number of aromatic amines is 1. The normalized spacial score (nSPS) is 11.9. The fraction of sp³-hybridized carbons (Fsp3) is 0.316. The average molecular weight is 377 g/mol. The van der Waals surface area contributed by atoms with Crippen molar-refractivity contribution in [2.24, 2.45) is 0 Å². The molecule has 7 heteroatoms. The number of ketones is 1. The molecule has 0 bridgehead atoms. The molecule has 1 aromatic heterocycles. The number of rotatable bonds is 7. The Morgan fingerprint density at radius 3 is 2.50 bits per heavy atom. The first-order valence-electron chi connectivity index (χ1n) is 8.22. The van der Waals surface area contributed by atoms with Gasteiger partial charge in [-0.05, 0) is 38.5 Å². The van der Waals surface area contributed by atoms with E-state index in [0.29, 0.717) is 16.1 Å². The topological polar surface area (TPSA) is 88.3 Å². The summed E-state index contributed by atoms with van der Waals surface area (Å²) in [6.45, 7) is 4.92. The number of hydrogen-bond donors (Lipinski definition) is 2. The second-order valence-corrected chi connectivity index (χ2v) is 6.56. The quantitative estimate of drug-likeness (QED) is 0.569. The molecule has 2 aromatic rings. The monoisotopic (exact) mass is 376 g/mol. The molecule has 138 valence electrons. The molecule has 0 saturated carbocycles. The molecule has 0 fully saturated rings. The Balaban J connectivity index is 2.22. The summed E-state index contributed by atoms with van der Waals surface area (Å²) >= 11 is 6.23. The van der Waals surface area contributed by atoms with E-state index in [9.17, 15) is 14.4 Å². The van der Waals surface area contributed by atoms with Crippen molar-refractivity contribution in [1.82, 2.24) is 10.3 Å². The third kappa shape index (κ3) is 5.20. The van der Waals surface area contributed by atoms with Crippen LogP contribution in [0.25, 0.3) is 0 Å². The molecule has 1 amide bonds. The van der Waals surface area contributed by atoms with Gasteiger partial charge in [-0.1, -0.05) is 29.8 Å². The molecule has 1 heterocycles. The molecular weight excluding hydrogens is 356 g/mol. The predicted octanol–water partition coefficient (Wildman–Crippen LogP) is 3.68. The van der Waals surface area contributed by atoms with Crippen LogP contribution in [0.15, 0.2) is 36.5 Å². The van der Waals surface area contributed by atoms with E-state index in [-0.39, 0.29) is 24.0 Å². The molecule has 2 N–H and O–H groups in total. The van der Waals surface area contributed by atoms with E-state index in [1.165, 1.54) is 19.2 Å². The third-order valence-corrected chi connectivity index (χ3v) is 4.00. The highest BCUT2D eigenvalue weighted by Crippen LogP contribution is 2.26. The Hall–Kier alpha value is -2.60. The maximum absolute atomic E-state index is 12.5. The molecule has 0 aliphatic heterocycles. The SMILES string of the molecule is CC(=O)c1c[nH]c(C(=O)NC(CC(=O)OC(C)C)c2ccccc2Cl)c1. The molecule has 1 atom stereocenters. The molecule has 0 saturated heterocycles. The zero-order chi connectivity index (χ0) is 19.3. The van der Waals surface area contributed by atoms with Gasteiger partial charge in [0, 0.05) is 16.8 Å². The zero-order valence-electron chi connectivity index (χ0n) is 14.8. The zero-order valence-corrected chi connectivity index (χ0v) is 15.6. The van der Waals surface area contributed by atoms with Gasteiger partial charge in [0.1, 0.15) is 5.69 Å². The summed E-state index contributed by atoms with van der Waals surface area (Å²) in [5.74, 6) is -1.04. The van der Waals surface area contributed by atoms with Gasteiger partial charge in [-0.25, -0.2) is 0 Å². The Labute approximate surface area is 156 Å². The van der Waals surface area contributed by atoms with Gasteiger partial charge in [-0.2, -0.15) is 0 Å². The van der Waals surface area contributed by atoms with Crippen molar-refractivity contribution in [2.75, 3.05) is 0 Å². The second-order valence-electron chi connectivity index (χ2n) is 6.15. The van der Waals surface area contributed by atoms with Crippen molar-refractivity contribution in [2.45, 2.75) is 39.3 Å². The van der Waals surface area contributed by atoms with Gasteiger partial charge in [0.2, 0.25) is 0 Å². The van der Waals surface area contributed by atoms with E-state index in [4.69, 9.17) is 16.3 Å². The average Bonchev–Trinajstić information content (AvgIpc) is 3.04. The van der Waals surface area contributed by atoms with Gasteiger partial charge in [0.05, 0.1) is 18.6 Å². The van der Waals surface area contributed by atoms with Crippen LogP contribution in [-0.4, -0.2) is 28.7 Å². The standard InChI is InChI=1S/C19H21ClN2O4/c1-11(2)26-18(24)9-16(14-6-4-5-7-15(14)20)22-19(25)17-8-13(10-21-17)12(3)23/h4-8,10-11,16,21H,9H2,1-3H3,(H,22,25). The molecule has 6 nitrogen and oxygen atoms in total. The summed E-state index contributed by atoms with van der Waals surface area (Å²) in [6, 6.07) is 7.77. The van der Waals surface area contributed by atoms with E-state index < -0.39 is 17.9 Å². The van der Waals surface area contributed by atoms with Gasteiger partial charge < -0.3 is 15.0 Å². The number of carbonyl (C=O) groups excluding carboxylic acids is 3. The lowest BCUT2D eigenvalue weighted by atomic mass is 10.0. The van der Waals surface area contributed by atoms with Crippen molar-refractivity contribution in [3.8, 4) is 0 Å². The molecule has 0 aliphatic rings. The second kappa shape index (κ2) is 8.67. The van der Waals surface area contributed by atoms with Crippen molar-refractivity contribution in [1.29, 1.82) is 0 Å². The number of esters is 1. The van der Waals surface area contributed by atoms with Gasteiger partial charge in [0.15, 0.2) is 5.78 Å².